The molecule has 1 aliphatic heterocycles. The standard InChI is InChI=1S/C21H19ClFN3O2/c22-15-4-3-5-16(23)18(15)14-11-21(8-1-2-9-21)28-17-7-6-12(10-13(14)17)19(27)26-20(24)25/h3-7,10-11H,1-2,8-9H2,(H4,24,25,26,27). The lowest BCUT2D eigenvalue weighted by Crippen LogP contribution is -2.33. The Balaban J connectivity index is 1.91. The van der Waals surface area contributed by atoms with Crippen LogP contribution < -0.4 is 16.2 Å². The summed E-state index contributed by atoms with van der Waals surface area (Å²) >= 11 is 6.35. The van der Waals surface area contributed by atoms with E-state index in [1.807, 2.05) is 6.08 Å². The molecule has 1 amide bonds. The number of fused-ring (bicyclic) bond motifs is 1. The van der Waals surface area contributed by atoms with E-state index in [2.05, 4.69) is 4.99 Å². The van der Waals surface area contributed by atoms with Crippen LogP contribution in [0.25, 0.3) is 5.57 Å². The molecule has 1 saturated carbocycles. The van der Waals surface area contributed by atoms with Crippen LogP contribution in [0, 0.1) is 5.82 Å². The minimum Gasteiger partial charge on any atom is -0.483 e. The molecule has 144 valence electrons. The Bertz CT molecular complexity index is 1000. The van der Waals surface area contributed by atoms with Gasteiger partial charge in [0.25, 0.3) is 5.91 Å². The maximum Gasteiger partial charge on any atom is 0.280 e. The second-order valence-electron chi connectivity index (χ2n) is 7.08. The third kappa shape index (κ3) is 3.24. The summed E-state index contributed by atoms with van der Waals surface area (Å²) in [6, 6.07) is 9.49. The maximum atomic E-state index is 14.7. The molecule has 0 unspecified atom stereocenters. The molecule has 28 heavy (non-hydrogen) atoms. The van der Waals surface area contributed by atoms with E-state index in [-0.39, 0.29) is 11.5 Å². The number of ether oxygens (including phenoxy) is 1. The van der Waals surface area contributed by atoms with Crippen molar-refractivity contribution in [2.24, 2.45) is 16.5 Å². The highest BCUT2D eigenvalue weighted by Gasteiger charge is 2.39. The number of aliphatic imine (C=N–C) groups is 1. The number of hydrogen-bond donors (Lipinski definition) is 2. The van der Waals surface area contributed by atoms with Gasteiger partial charge in [0, 0.05) is 16.7 Å². The highest BCUT2D eigenvalue weighted by atomic mass is 35.5. The zero-order chi connectivity index (χ0) is 19.9. The SMILES string of the molecule is NC(N)=NC(=O)c1ccc2c(c1)C(c1c(F)cccc1Cl)=CC1(CCCC1)O2. The van der Waals surface area contributed by atoms with E-state index in [1.54, 1.807) is 30.3 Å². The van der Waals surface area contributed by atoms with Crippen LogP contribution in [-0.4, -0.2) is 17.5 Å². The number of nitrogens with two attached hydrogens (primary N) is 2. The molecule has 4 N–H and O–H groups in total. The molecular weight excluding hydrogens is 381 g/mol. The van der Waals surface area contributed by atoms with E-state index in [1.165, 1.54) is 6.07 Å². The van der Waals surface area contributed by atoms with E-state index in [0.29, 0.717) is 27.5 Å². The minimum atomic E-state index is -0.581. The van der Waals surface area contributed by atoms with E-state index in [9.17, 15) is 9.18 Å². The van der Waals surface area contributed by atoms with Gasteiger partial charge in [-0.25, -0.2) is 4.39 Å². The van der Waals surface area contributed by atoms with Gasteiger partial charge >= 0.3 is 0 Å². The number of amides is 1. The molecule has 0 aromatic heterocycles. The van der Waals surface area contributed by atoms with Crippen molar-refractivity contribution in [2.45, 2.75) is 31.3 Å². The Morgan fingerprint density at radius 1 is 1.18 bits per heavy atom. The molecule has 2 aromatic carbocycles. The number of rotatable bonds is 2. The number of halogens is 2. The Morgan fingerprint density at radius 2 is 1.93 bits per heavy atom. The van der Waals surface area contributed by atoms with Gasteiger partial charge in [0.1, 0.15) is 17.2 Å². The van der Waals surface area contributed by atoms with Gasteiger partial charge in [0.2, 0.25) is 0 Å². The fraction of sp³-hybridized carbons (Fsp3) is 0.238. The third-order valence-electron chi connectivity index (χ3n) is 5.15. The topological polar surface area (TPSA) is 90.7 Å². The molecule has 0 atom stereocenters. The maximum absolute atomic E-state index is 14.7. The lowest BCUT2D eigenvalue weighted by molar-refractivity contribution is 0.100. The second-order valence-corrected chi connectivity index (χ2v) is 7.49. The number of nitrogens with zero attached hydrogens (tertiary/aromatic N) is 1. The third-order valence-corrected chi connectivity index (χ3v) is 5.46. The molecule has 1 heterocycles. The van der Waals surface area contributed by atoms with Crippen LogP contribution >= 0.6 is 11.6 Å². The largest absolute Gasteiger partial charge is 0.483 e. The number of carbonyl (C=O) groups excluding carboxylic acids is 1. The normalized spacial score (nSPS) is 16.9. The predicted octanol–water partition coefficient (Wildman–Crippen LogP) is 4.03. The van der Waals surface area contributed by atoms with Crippen molar-refractivity contribution in [3.05, 3.63) is 70.0 Å². The lowest BCUT2D eigenvalue weighted by atomic mass is 9.86. The van der Waals surface area contributed by atoms with Gasteiger partial charge in [0.15, 0.2) is 5.96 Å². The van der Waals surface area contributed by atoms with Crippen molar-refractivity contribution in [3.8, 4) is 5.75 Å². The van der Waals surface area contributed by atoms with E-state index in [0.717, 1.165) is 25.7 Å². The van der Waals surface area contributed by atoms with Crippen LogP contribution in [0.3, 0.4) is 0 Å². The Kier molecular flexibility index (Phi) is 4.59. The number of benzene rings is 2. The van der Waals surface area contributed by atoms with E-state index < -0.39 is 17.3 Å². The first-order valence-electron chi connectivity index (χ1n) is 9.03. The van der Waals surface area contributed by atoms with Gasteiger partial charge in [-0.05, 0) is 67.7 Å². The summed E-state index contributed by atoms with van der Waals surface area (Å²) in [5.74, 6) is -0.750. The Morgan fingerprint density at radius 3 is 2.61 bits per heavy atom. The van der Waals surface area contributed by atoms with Crippen molar-refractivity contribution in [3.63, 3.8) is 0 Å². The first-order valence-corrected chi connectivity index (χ1v) is 9.41. The quantitative estimate of drug-likeness (QED) is 0.589. The molecule has 0 bridgehead atoms. The van der Waals surface area contributed by atoms with Crippen LogP contribution in [0.15, 0.2) is 47.5 Å². The number of guanidine groups is 1. The molecule has 2 aliphatic rings. The Labute approximate surface area is 166 Å². The van der Waals surface area contributed by atoms with Gasteiger partial charge < -0.3 is 16.2 Å². The molecule has 7 heteroatoms. The highest BCUT2D eigenvalue weighted by Crippen LogP contribution is 2.47. The van der Waals surface area contributed by atoms with Crippen molar-refractivity contribution >= 4 is 29.0 Å². The average Bonchev–Trinajstić information content (AvgIpc) is 3.08. The zero-order valence-corrected chi connectivity index (χ0v) is 15.8. The summed E-state index contributed by atoms with van der Waals surface area (Å²) in [6.45, 7) is 0. The molecule has 0 saturated heterocycles. The van der Waals surface area contributed by atoms with Crippen LogP contribution in [-0.2, 0) is 0 Å². The van der Waals surface area contributed by atoms with Crippen LogP contribution in [0.5, 0.6) is 5.75 Å². The molecule has 1 fully saturated rings. The fourth-order valence-electron chi connectivity index (χ4n) is 3.92. The summed E-state index contributed by atoms with van der Waals surface area (Å²) in [6.07, 6.45) is 5.70. The minimum absolute atomic E-state index is 0.275. The molecule has 1 aliphatic carbocycles. The summed E-state index contributed by atoms with van der Waals surface area (Å²) in [7, 11) is 0. The van der Waals surface area contributed by atoms with E-state index >= 15 is 0 Å². The lowest BCUT2D eigenvalue weighted by Gasteiger charge is -2.34. The van der Waals surface area contributed by atoms with Crippen molar-refractivity contribution in [1.82, 2.24) is 0 Å². The van der Waals surface area contributed by atoms with Crippen LogP contribution in [0.2, 0.25) is 5.02 Å². The molecule has 0 radical (unpaired) electrons. The summed E-state index contributed by atoms with van der Waals surface area (Å²) in [5, 5.41) is 0.299. The van der Waals surface area contributed by atoms with Crippen LogP contribution in [0.1, 0.15) is 47.2 Å². The zero-order valence-electron chi connectivity index (χ0n) is 15.0. The smallest absolute Gasteiger partial charge is 0.280 e. The average molecular weight is 400 g/mol. The molecular formula is C21H19ClFN3O2. The molecule has 5 nitrogen and oxygen atoms in total. The number of hydrogen-bond acceptors (Lipinski definition) is 2. The first-order chi connectivity index (χ1) is 13.4. The second kappa shape index (κ2) is 6.95. The van der Waals surface area contributed by atoms with E-state index in [4.69, 9.17) is 27.8 Å². The molecule has 2 aromatic rings. The molecule has 1 spiro atoms. The van der Waals surface area contributed by atoms with Gasteiger partial charge in [-0.2, -0.15) is 4.99 Å². The summed E-state index contributed by atoms with van der Waals surface area (Å²) in [5.41, 5.74) is 11.9. The summed E-state index contributed by atoms with van der Waals surface area (Å²) in [4.78, 5) is 15.8. The monoisotopic (exact) mass is 399 g/mol. The first kappa shape index (κ1) is 18.5. The van der Waals surface area contributed by atoms with Crippen LogP contribution in [0.4, 0.5) is 4.39 Å². The fourth-order valence-corrected chi connectivity index (χ4v) is 4.18. The van der Waals surface area contributed by atoms with Crippen molar-refractivity contribution in [2.75, 3.05) is 0 Å². The van der Waals surface area contributed by atoms with Gasteiger partial charge in [-0.1, -0.05) is 17.7 Å². The number of carbonyl (C=O) groups is 1. The molecule has 4 rings (SSSR count). The predicted molar refractivity (Wildman–Crippen MR) is 107 cm³/mol. The summed E-state index contributed by atoms with van der Waals surface area (Å²) < 4.78 is 21.0. The van der Waals surface area contributed by atoms with Gasteiger partial charge in [0.05, 0.1) is 5.02 Å². The van der Waals surface area contributed by atoms with Gasteiger partial charge in [-0.15, -0.1) is 0 Å². The Hall–Kier alpha value is -2.86. The van der Waals surface area contributed by atoms with Gasteiger partial charge in [-0.3, -0.25) is 4.79 Å². The van der Waals surface area contributed by atoms with Crippen molar-refractivity contribution in [1.29, 1.82) is 0 Å². The van der Waals surface area contributed by atoms with Crippen molar-refractivity contribution < 1.29 is 13.9 Å². The highest BCUT2D eigenvalue weighted by molar-refractivity contribution is 6.32.